The monoisotopic (exact) mass is 1230 g/mol. The molecular weight excluding hydrogens is 1160 g/mol. The first-order valence-electron chi connectivity index (χ1n) is 29.0. The molecule has 89 heavy (non-hydrogen) atoms. The van der Waals surface area contributed by atoms with Crippen molar-refractivity contribution in [2.75, 3.05) is 39.6 Å². The van der Waals surface area contributed by atoms with Crippen LogP contribution in [0.5, 0.6) is 0 Å². The summed E-state index contributed by atoms with van der Waals surface area (Å²) in [4.78, 5) is 162. The van der Waals surface area contributed by atoms with Gasteiger partial charge in [-0.15, -0.1) is 0 Å². The van der Waals surface area contributed by atoms with E-state index in [-0.39, 0.29) is 61.2 Å². The Morgan fingerprint density at radius 1 is 0.831 bits per heavy atom. The number of ether oxygens (including phenoxy) is 2. The second-order valence-electron chi connectivity index (χ2n) is 22.1. The van der Waals surface area contributed by atoms with Gasteiger partial charge in [0.15, 0.2) is 5.60 Å². The van der Waals surface area contributed by atoms with Gasteiger partial charge in [-0.25, -0.2) is 14.2 Å². The van der Waals surface area contributed by atoms with Gasteiger partial charge in [-0.1, -0.05) is 50.3 Å². The van der Waals surface area contributed by atoms with Crippen LogP contribution in [0.15, 0.2) is 71.6 Å². The Morgan fingerprint density at radius 3 is 2.21 bits per heavy atom. The van der Waals surface area contributed by atoms with Crippen molar-refractivity contribution in [3.8, 4) is 11.4 Å². The summed E-state index contributed by atoms with van der Waals surface area (Å²) in [5, 5.41) is 42.0. The third-order valence-corrected chi connectivity index (χ3v) is 15.9. The number of cyclic esters (lactones) is 1. The molecule has 4 aromatic rings. The summed E-state index contributed by atoms with van der Waals surface area (Å²) in [5.74, 6) is -8.36. The zero-order chi connectivity index (χ0) is 64.4. The molecule has 5 heterocycles. The van der Waals surface area contributed by atoms with Gasteiger partial charge in [0.1, 0.15) is 49.9 Å². The number of hydrogen-bond donors (Lipinski definition) is 10. The summed E-state index contributed by atoms with van der Waals surface area (Å²) in [7, 11) is 0. The van der Waals surface area contributed by atoms with Crippen LogP contribution in [0.2, 0.25) is 0 Å². The first-order chi connectivity index (χ1) is 42.4. The summed E-state index contributed by atoms with van der Waals surface area (Å²) in [5.41, 5.74) is 1.78. The van der Waals surface area contributed by atoms with E-state index in [0.29, 0.717) is 76.7 Å². The highest BCUT2D eigenvalue weighted by atomic mass is 19.1. The van der Waals surface area contributed by atoms with Gasteiger partial charge in [0.2, 0.25) is 47.3 Å². The van der Waals surface area contributed by atoms with Gasteiger partial charge in [-0.3, -0.25) is 57.6 Å². The number of amides is 10. The van der Waals surface area contributed by atoms with Crippen molar-refractivity contribution >= 4 is 75.9 Å². The number of pyridine rings is 2. The Morgan fingerprint density at radius 2 is 1.53 bits per heavy atom. The van der Waals surface area contributed by atoms with Gasteiger partial charge >= 0.3 is 5.97 Å². The minimum Gasteiger partial charge on any atom is -0.458 e. The predicted molar refractivity (Wildman–Crippen MR) is 313 cm³/mol. The van der Waals surface area contributed by atoms with Gasteiger partial charge in [0.25, 0.3) is 17.4 Å². The summed E-state index contributed by atoms with van der Waals surface area (Å²) >= 11 is 0. The minimum atomic E-state index is -2.07. The molecule has 1 aliphatic carbocycles. The molecule has 0 saturated carbocycles. The molecule has 2 aromatic heterocycles. The molecule has 0 bridgehead atoms. The van der Waals surface area contributed by atoms with Gasteiger partial charge in [0.05, 0.1) is 54.8 Å². The Labute approximate surface area is 509 Å². The van der Waals surface area contributed by atoms with Gasteiger partial charge in [-0.05, 0) is 86.8 Å². The highest BCUT2D eigenvalue weighted by Crippen LogP contribution is 2.46. The Kier molecular flexibility index (Phi) is 21.0. The Bertz CT molecular complexity index is 3630. The number of fused-ring (bicyclic) bond motifs is 5. The third-order valence-electron chi connectivity index (χ3n) is 15.9. The number of aliphatic hydroxyl groups excluding tert-OH is 1. The SMILES string of the molecule is C=C(C)[C@H](NC(=O)CCCCCN1C(=O)C=CC1=O)C(=O)N[C@@H](C)C(=O)N[C@@H](CO)C(=O)NCC(=O)N[C@@H](Cc1ccccc1)C(=O)NCC(=O)NCOCC(=O)N[C@H]1CCc2c(C)c(F)cc3nc4c(c1c23)Cn1c-4cc2c(c1=O)COC(=O)[C@]2(O)CC. The molecular formula is C61H70FN11O16. The van der Waals surface area contributed by atoms with Gasteiger partial charge in [0, 0.05) is 54.1 Å². The summed E-state index contributed by atoms with van der Waals surface area (Å²) < 4.78 is 27.6. The standard InChI is InChI=1S/C61H70FN11O16/c1-6-61(87)38-22-44-54-36(26-73(44)59(85)37(38)28-89-60(61)86)52-40(17-16-35-32(4)39(62)23-41(69-54)51(35)52)67-48(78)29-88-30-65-46(76)24-63-56(82)42(21-34-13-9-7-10-14-34)68-47(77)25-64-57(83)43(27-74)70-55(81)33(5)66-58(84)53(31(2)3)71-45(75)15-11-8-12-20-72-49(79)18-19-50(72)80/h7,9-10,13-14,18-19,22-23,33,40,42-43,53,74,87H,2,6,8,11-12,15-17,20-21,24-30H2,1,3-5H3,(H,63,82)(H,64,83)(H,65,76)(H,66,84)(H,67,78)(H,68,77)(H,70,81)(H,71,75)/t33-,40-,42-,43-,53-,61-/m0/s1. The van der Waals surface area contributed by atoms with E-state index in [2.05, 4.69) is 49.1 Å². The van der Waals surface area contributed by atoms with Gasteiger partial charge < -0.3 is 66.8 Å². The van der Waals surface area contributed by atoms with Crippen molar-refractivity contribution in [3.05, 3.63) is 122 Å². The lowest BCUT2D eigenvalue weighted by atomic mass is 9.81. The fourth-order valence-electron chi connectivity index (χ4n) is 11.0. The maximum absolute atomic E-state index is 15.4. The smallest absolute Gasteiger partial charge is 0.343 e. The number of imide groups is 1. The van der Waals surface area contributed by atoms with E-state index < -0.39 is 145 Å². The molecule has 10 amide bonds. The number of rotatable bonds is 28. The van der Waals surface area contributed by atoms with Crippen molar-refractivity contribution < 1.29 is 76.8 Å². The molecule has 0 unspecified atom stereocenters. The van der Waals surface area contributed by atoms with Crippen LogP contribution in [0.4, 0.5) is 4.39 Å². The number of esters is 1. The number of nitrogens with one attached hydrogen (secondary N) is 8. The normalized spacial score (nSPS) is 17.4. The molecule has 8 rings (SSSR count). The van der Waals surface area contributed by atoms with Crippen LogP contribution in [-0.4, -0.2) is 153 Å². The number of halogens is 1. The molecule has 0 saturated heterocycles. The van der Waals surface area contributed by atoms with Crippen LogP contribution in [0.25, 0.3) is 22.3 Å². The molecule has 6 atom stereocenters. The van der Waals surface area contributed by atoms with Crippen molar-refractivity contribution in [1.82, 2.24) is 57.0 Å². The summed E-state index contributed by atoms with van der Waals surface area (Å²) in [6.45, 7) is 6.40. The largest absolute Gasteiger partial charge is 0.458 e. The topological polar surface area (TPSA) is 381 Å². The van der Waals surface area contributed by atoms with E-state index in [0.717, 1.165) is 4.90 Å². The highest BCUT2D eigenvalue weighted by molar-refractivity contribution is 6.13. The van der Waals surface area contributed by atoms with Crippen LogP contribution in [0, 0.1) is 12.7 Å². The maximum Gasteiger partial charge on any atom is 0.343 e. The number of carbonyl (C=O) groups excluding carboxylic acids is 11. The first-order valence-corrected chi connectivity index (χ1v) is 29.0. The zero-order valence-electron chi connectivity index (χ0n) is 49.4. The van der Waals surface area contributed by atoms with Crippen molar-refractivity contribution in [2.45, 2.75) is 128 Å². The number of aliphatic hydroxyl groups is 2. The lowest BCUT2D eigenvalue weighted by Gasteiger charge is -2.31. The average Bonchev–Trinajstić information content (AvgIpc) is 1.65. The van der Waals surface area contributed by atoms with Crippen LogP contribution < -0.4 is 48.1 Å². The van der Waals surface area contributed by atoms with Crippen LogP contribution in [0.3, 0.4) is 0 Å². The van der Waals surface area contributed by atoms with Crippen LogP contribution >= 0.6 is 0 Å². The molecule has 10 N–H and O–H groups in total. The first kappa shape index (κ1) is 65.4. The summed E-state index contributed by atoms with van der Waals surface area (Å²) in [6.07, 6.45) is 4.33. The quantitative estimate of drug-likeness (QED) is 0.00964. The number of unbranched alkanes of at least 4 members (excludes halogenated alkanes) is 2. The Balaban J connectivity index is 0.790. The number of aromatic nitrogens is 2. The molecule has 2 aromatic carbocycles. The van der Waals surface area contributed by atoms with E-state index in [1.165, 1.54) is 36.6 Å². The van der Waals surface area contributed by atoms with E-state index in [9.17, 15) is 67.7 Å². The summed E-state index contributed by atoms with van der Waals surface area (Å²) in [6, 6.07) is 5.27. The van der Waals surface area contributed by atoms with Crippen LogP contribution in [0.1, 0.15) is 104 Å². The number of benzene rings is 2. The molecule has 28 heteroatoms. The average molecular weight is 1230 g/mol. The third kappa shape index (κ3) is 14.9. The number of aryl methyl sites for hydroxylation is 1. The molecule has 3 aliphatic heterocycles. The maximum atomic E-state index is 15.4. The minimum absolute atomic E-state index is 0.0137. The molecule has 4 aliphatic rings. The molecule has 472 valence electrons. The van der Waals surface area contributed by atoms with Crippen molar-refractivity contribution in [2.24, 2.45) is 0 Å². The number of carbonyl (C=O) groups is 11. The second-order valence-corrected chi connectivity index (χ2v) is 22.1. The lowest BCUT2D eigenvalue weighted by molar-refractivity contribution is -0.172. The number of hydrogen-bond acceptors (Lipinski definition) is 17. The fourth-order valence-corrected chi connectivity index (χ4v) is 11.0. The molecule has 0 fully saturated rings. The molecule has 0 spiro atoms. The van der Waals surface area contributed by atoms with Crippen LogP contribution in [-0.2, 0) is 93.8 Å². The Hall–Kier alpha value is -9.54. The zero-order valence-corrected chi connectivity index (χ0v) is 49.4. The second kappa shape index (κ2) is 28.5. The van der Waals surface area contributed by atoms with E-state index >= 15 is 4.39 Å². The number of nitrogens with zero attached hydrogens (tertiary/aromatic N) is 3. The van der Waals surface area contributed by atoms with E-state index in [1.54, 1.807) is 50.2 Å². The molecule has 0 radical (unpaired) electrons. The highest BCUT2D eigenvalue weighted by Gasteiger charge is 2.46. The lowest BCUT2D eigenvalue weighted by Crippen LogP contribution is -2.57. The van der Waals surface area contributed by atoms with E-state index in [1.807, 2.05) is 0 Å². The predicted octanol–water partition coefficient (Wildman–Crippen LogP) is -0.791. The van der Waals surface area contributed by atoms with Crippen molar-refractivity contribution in [1.29, 1.82) is 0 Å². The van der Waals surface area contributed by atoms with Gasteiger partial charge in [-0.2, -0.15) is 0 Å². The molecule has 27 nitrogen and oxygen atoms in total. The fraction of sp³-hybridized carbons (Fsp3) is 0.426. The van der Waals surface area contributed by atoms with Crippen molar-refractivity contribution in [3.63, 3.8) is 0 Å². The van der Waals surface area contributed by atoms with E-state index in [4.69, 9.17) is 14.5 Å².